The van der Waals surface area contributed by atoms with Crippen LogP contribution in [0.15, 0.2) is 35.7 Å². The number of thiazole rings is 1. The second-order valence-electron chi connectivity index (χ2n) is 6.78. The van der Waals surface area contributed by atoms with Crippen LogP contribution in [0.1, 0.15) is 25.0 Å². The number of aromatic nitrogens is 1. The van der Waals surface area contributed by atoms with Gasteiger partial charge in [-0.3, -0.25) is 4.79 Å². The molecular weight excluding hydrogens is 351 g/mol. The molecule has 6 heteroatoms. The molecule has 2 aromatic rings. The first-order valence-corrected chi connectivity index (χ1v) is 9.86. The first-order chi connectivity index (χ1) is 12.7. The molecule has 4 rings (SSSR count). The van der Waals surface area contributed by atoms with Crippen molar-refractivity contribution < 1.29 is 13.9 Å². The molecule has 2 atom stereocenters. The Morgan fingerprint density at radius 2 is 2.15 bits per heavy atom. The molecule has 26 heavy (non-hydrogen) atoms. The number of piperidine rings is 1. The van der Waals surface area contributed by atoms with Gasteiger partial charge in [-0.25, -0.2) is 9.37 Å². The van der Waals surface area contributed by atoms with E-state index in [0.29, 0.717) is 12.0 Å². The van der Waals surface area contributed by atoms with Crippen molar-refractivity contribution in [1.29, 1.82) is 0 Å². The predicted molar refractivity (Wildman–Crippen MR) is 100 cm³/mol. The minimum Gasteiger partial charge on any atom is -0.381 e. The van der Waals surface area contributed by atoms with Gasteiger partial charge < -0.3 is 9.64 Å². The molecule has 2 unspecified atom stereocenters. The van der Waals surface area contributed by atoms with E-state index in [1.807, 2.05) is 10.3 Å². The summed E-state index contributed by atoms with van der Waals surface area (Å²) in [4.78, 5) is 19.2. The Balaban J connectivity index is 1.44. The smallest absolute Gasteiger partial charge is 0.246 e. The van der Waals surface area contributed by atoms with E-state index < -0.39 is 0 Å². The van der Waals surface area contributed by atoms with Crippen molar-refractivity contribution >= 4 is 23.3 Å². The molecular formula is C20H21FN2O2S. The Bertz CT molecular complexity index is 800. The van der Waals surface area contributed by atoms with Crippen LogP contribution in [0.3, 0.4) is 0 Å². The molecule has 2 saturated heterocycles. The molecule has 2 aliphatic rings. The molecule has 0 saturated carbocycles. The Morgan fingerprint density at radius 3 is 3.00 bits per heavy atom. The maximum Gasteiger partial charge on any atom is 0.246 e. The molecule has 0 N–H and O–H groups in total. The number of hydrogen-bond acceptors (Lipinski definition) is 4. The normalized spacial score (nSPS) is 23.2. The molecule has 3 heterocycles. The fourth-order valence-electron chi connectivity index (χ4n) is 3.78. The minimum absolute atomic E-state index is 0.0536. The molecule has 2 aliphatic heterocycles. The number of halogens is 1. The summed E-state index contributed by atoms with van der Waals surface area (Å²) in [5.74, 6) is 0.265. The van der Waals surface area contributed by atoms with Gasteiger partial charge in [-0.05, 0) is 49.6 Å². The monoisotopic (exact) mass is 372 g/mol. The van der Waals surface area contributed by atoms with Crippen LogP contribution in [0.4, 0.5) is 4.39 Å². The molecule has 4 nitrogen and oxygen atoms in total. The molecule has 0 radical (unpaired) electrons. The standard InChI is InChI=1S/C20H21FN2O2S/c21-16-5-3-14(4-6-16)20-22-17(13-26-20)7-8-19(24)23-10-1-2-15-12-25-11-9-18(15)23/h3-8,13,15,18H,1-2,9-12H2/b8-7+. The van der Waals surface area contributed by atoms with Gasteiger partial charge in [0.05, 0.1) is 12.3 Å². The van der Waals surface area contributed by atoms with E-state index in [1.54, 1.807) is 24.3 Å². The first-order valence-electron chi connectivity index (χ1n) is 8.98. The molecule has 1 aromatic carbocycles. The zero-order valence-electron chi connectivity index (χ0n) is 14.4. The highest BCUT2D eigenvalue weighted by molar-refractivity contribution is 7.13. The highest BCUT2D eigenvalue weighted by Crippen LogP contribution is 2.30. The second-order valence-corrected chi connectivity index (χ2v) is 7.64. The van der Waals surface area contributed by atoms with E-state index in [1.165, 1.54) is 23.5 Å². The molecule has 136 valence electrons. The van der Waals surface area contributed by atoms with Gasteiger partial charge in [0, 0.05) is 42.1 Å². The Hall–Kier alpha value is -2.05. The molecule has 2 fully saturated rings. The Morgan fingerprint density at radius 1 is 1.31 bits per heavy atom. The fourth-order valence-corrected chi connectivity index (χ4v) is 4.57. The van der Waals surface area contributed by atoms with E-state index in [2.05, 4.69) is 4.98 Å². The number of carbonyl (C=O) groups excluding carboxylic acids is 1. The summed E-state index contributed by atoms with van der Waals surface area (Å²) in [7, 11) is 0. The van der Waals surface area contributed by atoms with Gasteiger partial charge in [-0.15, -0.1) is 11.3 Å². The number of carbonyl (C=O) groups is 1. The van der Waals surface area contributed by atoms with E-state index in [4.69, 9.17) is 4.74 Å². The van der Waals surface area contributed by atoms with Gasteiger partial charge >= 0.3 is 0 Å². The van der Waals surface area contributed by atoms with Crippen molar-refractivity contribution in [2.45, 2.75) is 25.3 Å². The van der Waals surface area contributed by atoms with Crippen molar-refractivity contribution in [3.05, 3.63) is 47.2 Å². The highest BCUT2D eigenvalue weighted by atomic mass is 32.1. The van der Waals surface area contributed by atoms with Gasteiger partial charge in [0.25, 0.3) is 0 Å². The van der Waals surface area contributed by atoms with E-state index in [-0.39, 0.29) is 11.7 Å². The van der Waals surface area contributed by atoms with Crippen LogP contribution in [0.5, 0.6) is 0 Å². The van der Waals surface area contributed by atoms with Crippen molar-refractivity contribution in [2.24, 2.45) is 5.92 Å². The van der Waals surface area contributed by atoms with Gasteiger partial charge in [0.15, 0.2) is 0 Å². The maximum absolute atomic E-state index is 13.0. The lowest BCUT2D eigenvalue weighted by Crippen LogP contribution is -2.51. The van der Waals surface area contributed by atoms with Crippen LogP contribution in [-0.2, 0) is 9.53 Å². The van der Waals surface area contributed by atoms with Gasteiger partial charge in [-0.1, -0.05) is 0 Å². The lowest BCUT2D eigenvalue weighted by molar-refractivity contribution is -0.135. The summed E-state index contributed by atoms with van der Waals surface area (Å²) < 4.78 is 18.6. The minimum atomic E-state index is -0.260. The van der Waals surface area contributed by atoms with Crippen LogP contribution in [0.2, 0.25) is 0 Å². The van der Waals surface area contributed by atoms with E-state index in [0.717, 1.165) is 55.3 Å². The van der Waals surface area contributed by atoms with Crippen LogP contribution in [0, 0.1) is 11.7 Å². The zero-order valence-corrected chi connectivity index (χ0v) is 15.3. The lowest BCUT2D eigenvalue weighted by Gasteiger charge is -2.43. The number of benzene rings is 1. The summed E-state index contributed by atoms with van der Waals surface area (Å²) in [6.45, 7) is 2.33. The van der Waals surface area contributed by atoms with Gasteiger partial charge in [0.1, 0.15) is 10.8 Å². The SMILES string of the molecule is O=C(/C=C/c1csc(-c2ccc(F)cc2)n1)N1CCCC2COCCC21. The maximum atomic E-state index is 13.0. The Kier molecular flexibility index (Phi) is 5.13. The van der Waals surface area contributed by atoms with E-state index in [9.17, 15) is 9.18 Å². The summed E-state index contributed by atoms with van der Waals surface area (Å²) in [5, 5.41) is 2.73. The lowest BCUT2D eigenvalue weighted by atomic mass is 9.86. The quantitative estimate of drug-likeness (QED) is 0.765. The Labute approximate surface area is 156 Å². The third-order valence-electron chi connectivity index (χ3n) is 5.10. The second kappa shape index (κ2) is 7.68. The number of amides is 1. The van der Waals surface area contributed by atoms with Crippen LogP contribution in [0.25, 0.3) is 16.6 Å². The summed E-state index contributed by atoms with van der Waals surface area (Å²) in [5.41, 5.74) is 1.63. The van der Waals surface area contributed by atoms with Crippen molar-refractivity contribution in [1.82, 2.24) is 9.88 Å². The largest absolute Gasteiger partial charge is 0.381 e. The summed E-state index contributed by atoms with van der Waals surface area (Å²) in [6.07, 6.45) is 6.51. The summed E-state index contributed by atoms with van der Waals surface area (Å²) >= 11 is 1.49. The van der Waals surface area contributed by atoms with Crippen molar-refractivity contribution in [3.8, 4) is 10.6 Å². The number of nitrogens with zero attached hydrogens (tertiary/aromatic N) is 2. The van der Waals surface area contributed by atoms with Crippen LogP contribution in [-0.4, -0.2) is 41.6 Å². The van der Waals surface area contributed by atoms with Crippen molar-refractivity contribution in [3.63, 3.8) is 0 Å². The van der Waals surface area contributed by atoms with Gasteiger partial charge in [0.2, 0.25) is 5.91 Å². The number of ether oxygens (including phenoxy) is 1. The third-order valence-corrected chi connectivity index (χ3v) is 6.01. The molecule has 1 aromatic heterocycles. The fraction of sp³-hybridized carbons (Fsp3) is 0.400. The zero-order chi connectivity index (χ0) is 17.9. The molecule has 1 amide bonds. The average Bonchev–Trinajstić information content (AvgIpc) is 3.15. The summed E-state index contributed by atoms with van der Waals surface area (Å²) in [6, 6.07) is 6.59. The third kappa shape index (κ3) is 3.71. The number of rotatable bonds is 3. The average molecular weight is 372 g/mol. The van der Waals surface area contributed by atoms with E-state index >= 15 is 0 Å². The molecule has 0 aliphatic carbocycles. The van der Waals surface area contributed by atoms with Crippen LogP contribution >= 0.6 is 11.3 Å². The predicted octanol–water partition coefficient (Wildman–Crippen LogP) is 3.99. The number of likely N-dealkylation sites (tertiary alicyclic amines) is 1. The number of hydrogen-bond donors (Lipinski definition) is 0. The number of fused-ring (bicyclic) bond motifs is 1. The molecule has 0 spiro atoms. The van der Waals surface area contributed by atoms with Crippen molar-refractivity contribution in [2.75, 3.05) is 19.8 Å². The molecule has 0 bridgehead atoms. The highest BCUT2D eigenvalue weighted by Gasteiger charge is 2.35. The topological polar surface area (TPSA) is 42.4 Å². The van der Waals surface area contributed by atoms with Crippen LogP contribution < -0.4 is 0 Å². The van der Waals surface area contributed by atoms with Gasteiger partial charge in [-0.2, -0.15) is 0 Å². The first kappa shape index (κ1) is 17.4.